The number of benzene rings is 1. The minimum absolute atomic E-state index is 0. The molecule has 0 spiro atoms. The number of anilines is 2. The number of hydrogen-bond donors (Lipinski definition) is 0. The fraction of sp³-hybridized carbons (Fsp3) is 0.750. The minimum atomic E-state index is -0.996. The molecule has 1 saturated heterocycles. The predicted molar refractivity (Wildman–Crippen MR) is 199 cm³/mol. The molecular formula is C40H63N3O8. The maximum Gasteiger partial charge on any atom is 0.410 e. The molecule has 2 saturated carbocycles. The first-order chi connectivity index (χ1) is 23.7. The van der Waals surface area contributed by atoms with Crippen LogP contribution in [-0.2, 0) is 28.6 Å². The molecule has 0 unspecified atom stereocenters. The molecule has 0 aromatic heterocycles. The quantitative estimate of drug-likeness (QED) is 0.192. The molecule has 4 aliphatic rings. The van der Waals surface area contributed by atoms with Crippen molar-refractivity contribution in [2.75, 3.05) is 56.3 Å². The van der Waals surface area contributed by atoms with Gasteiger partial charge in [-0.3, -0.25) is 14.4 Å². The number of methoxy groups -OCH3 is 1. The number of carbonyl (C=O) groups is 4. The number of ether oxygens (including phenoxy) is 4. The Morgan fingerprint density at radius 2 is 1.71 bits per heavy atom. The maximum atomic E-state index is 14.3. The number of nitrogens with zero attached hydrogens (tertiary/aromatic N) is 3. The SMILES string of the molecule is C.CCO[C@@H]1CCCC[C@H]1CC(=O)[C@H]1C[C@@H](C(=O)CN(c2ccc3c(c2)N(CCCOC)C(=O)C(C)(C)O3)C2CC2)CN(C(=O)OC(C)(C)C)C1. The summed E-state index contributed by atoms with van der Waals surface area (Å²) in [6.07, 6.45) is 7.11. The number of hydrogen-bond acceptors (Lipinski definition) is 9. The molecule has 0 N–H and O–H groups in total. The Kier molecular flexibility index (Phi) is 13.6. The number of likely N-dealkylation sites (tertiary alicyclic amines) is 1. The molecule has 2 heterocycles. The Balaban J connectivity index is 0.00000583. The molecule has 0 bridgehead atoms. The van der Waals surface area contributed by atoms with Crippen molar-refractivity contribution < 1.29 is 38.1 Å². The van der Waals surface area contributed by atoms with Gasteiger partial charge >= 0.3 is 6.09 Å². The highest BCUT2D eigenvalue weighted by Crippen LogP contribution is 2.42. The van der Waals surface area contributed by atoms with Crippen LogP contribution in [0.3, 0.4) is 0 Å². The van der Waals surface area contributed by atoms with Crippen molar-refractivity contribution in [2.24, 2.45) is 17.8 Å². The summed E-state index contributed by atoms with van der Waals surface area (Å²) in [6, 6.07) is 6.01. The van der Waals surface area contributed by atoms with E-state index < -0.39 is 29.1 Å². The molecule has 3 fully saturated rings. The topological polar surface area (TPSA) is 115 Å². The predicted octanol–water partition coefficient (Wildman–Crippen LogP) is 6.83. The lowest BCUT2D eigenvalue weighted by molar-refractivity contribution is -0.133. The van der Waals surface area contributed by atoms with Crippen LogP contribution in [0.2, 0.25) is 0 Å². The van der Waals surface area contributed by atoms with Crippen LogP contribution in [0.15, 0.2) is 18.2 Å². The van der Waals surface area contributed by atoms with Crippen molar-refractivity contribution in [2.45, 2.75) is 130 Å². The van der Waals surface area contributed by atoms with E-state index in [1.807, 2.05) is 45.9 Å². The number of Topliss-reactive ketones (excluding diaryl/α,β-unsaturated/α-hetero) is 2. The normalized spacial score (nSPS) is 24.6. The van der Waals surface area contributed by atoms with Gasteiger partial charge in [-0.2, -0.15) is 0 Å². The van der Waals surface area contributed by atoms with E-state index in [4.69, 9.17) is 18.9 Å². The van der Waals surface area contributed by atoms with Crippen molar-refractivity contribution in [3.63, 3.8) is 0 Å². The Bertz CT molecular complexity index is 1380. The lowest BCUT2D eigenvalue weighted by Gasteiger charge is -2.40. The van der Waals surface area contributed by atoms with Crippen LogP contribution in [-0.4, -0.2) is 98.3 Å². The number of piperidine rings is 1. The number of rotatable bonds is 14. The third-order valence-corrected chi connectivity index (χ3v) is 10.4. The molecule has 11 heteroatoms. The minimum Gasteiger partial charge on any atom is -0.476 e. The molecule has 11 nitrogen and oxygen atoms in total. The van der Waals surface area contributed by atoms with Gasteiger partial charge in [0, 0.05) is 69.9 Å². The fourth-order valence-electron chi connectivity index (χ4n) is 7.74. The first kappa shape index (κ1) is 40.6. The van der Waals surface area contributed by atoms with Gasteiger partial charge < -0.3 is 33.6 Å². The van der Waals surface area contributed by atoms with Crippen LogP contribution in [0.25, 0.3) is 0 Å². The second-order valence-electron chi connectivity index (χ2n) is 16.1. The highest BCUT2D eigenvalue weighted by Gasteiger charge is 2.43. The van der Waals surface area contributed by atoms with E-state index in [0.717, 1.165) is 44.2 Å². The number of fused-ring (bicyclic) bond motifs is 1. The maximum absolute atomic E-state index is 14.3. The summed E-state index contributed by atoms with van der Waals surface area (Å²) in [4.78, 5) is 60.5. The van der Waals surface area contributed by atoms with Gasteiger partial charge in [-0.15, -0.1) is 0 Å². The zero-order chi connectivity index (χ0) is 36.2. The largest absolute Gasteiger partial charge is 0.476 e. The van der Waals surface area contributed by atoms with E-state index >= 15 is 0 Å². The van der Waals surface area contributed by atoms with Gasteiger partial charge in [-0.05, 0) is 104 Å². The number of amides is 2. The van der Waals surface area contributed by atoms with Crippen LogP contribution in [0.5, 0.6) is 5.75 Å². The van der Waals surface area contributed by atoms with E-state index in [0.29, 0.717) is 50.5 Å². The van der Waals surface area contributed by atoms with Gasteiger partial charge in [0.1, 0.15) is 17.1 Å². The summed E-state index contributed by atoms with van der Waals surface area (Å²) < 4.78 is 23.1. The van der Waals surface area contributed by atoms with Crippen molar-refractivity contribution in [3.8, 4) is 5.75 Å². The molecule has 2 aliphatic heterocycles. The summed E-state index contributed by atoms with van der Waals surface area (Å²) in [6.45, 7) is 13.3. The molecule has 1 aromatic carbocycles. The van der Waals surface area contributed by atoms with Crippen molar-refractivity contribution in [1.29, 1.82) is 0 Å². The van der Waals surface area contributed by atoms with Gasteiger partial charge in [0.15, 0.2) is 11.4 Å². The molecule has 51 heavy (non-hydrogen) atoms. The highest BCUT2D eigenvalue weighted by molar-refractivity contribution is 6.03. The van der Waals surface area contributed by atoms with Gasteiger partial charge in [-0.1, -0.05) is 20.3 Å². The second-order valence-corrected chi connectivity index (χ2v) is 16.1. The Hall–Kier alpha value is -3.18. The van der Waals surface area contributed by atoms with E-state index in [1.54, 1.807) is 30.8 Å². The monoisotopic (exact) mass is 713 g/mol. The Labute approximate surface area is 305 Å². The fourth-order valence-corrected chi connectivity index (χ4v) is 7.74. The summed E-state index contributed by atoms with van der Waals surface area (Å²) >= 11 is 0. The van der Waals surface area contributed by atoms with E-state index in [-0.39, 0.29) is 62.6 Å². The highest BCUT2D eigenvalue weighted by atomic mass is 16.6. The van der Waals surface area contributed by atoms with Gasteiger partial charge in [0.05, 0.1) is 18.3 Å². The third kappa shape index (κ3) is 10.2. The van der Waals surface area contributed by atoms with Crippen LogP contribution >= 0.6 is 0 Å². The standard InChI is InChI=1S/C39H59N3O8.CH4/c1-8-48-34-13-10-9-12-26(34)21-32(43)27-20-28(24-40(23-27)37(46)50-38(2,3)4)33(44)25-42(29-14-15-29)30-16-17-35-31(22-30)41(18-11-19-47-7)36(45)39(5,6)49-35;/h16-17,22,26-29,34H,8-15,18-21,23-25H2,1-7H3;1H4/t26-,27-,28+,34+;/m0./s1. The smallest absolute Gasteiger partial charge is 0.410 e. The summed E-state index contributed by atoms with van der Waals surface area (Å²) in [5, 5.41) is 0. The van der Waals surface area contributed by atoms with Crippen LogP contribution in [0.4, 0.5) is 16.2 Å². The van der Waals surface area contributed by atoms with E-state index in [2.05, 4.69) is 4.90 Å². The number of ketones is 2. The average Bonchev–Trinajstić information content (AvgIpc) is 3.91. The molecular weight excluding hydrogens is 650 g/mol. The first-order valence-electron chi connectivity index (χ1n) is 18.8. The third-order valence-electron chi connectivity index (χ3n) is 10.4. The molecule has 1 aromatic rings. The summed E-state index contributed by atoms with van der Waals surface area (Å²) in [5.74, 6) is -0.183. The molecule has 286 valence electrons. The van der Waals surface area contributed by atoms with Crippen LogP contribution < -0.4 is 14.5 Å². The molecule has 2 aliphatic carbocycles. The van der Waals surface area contributed by atoms with Gasteiger partial charge in [0.2, 0.25) is 0 Å². The first-order valence-corrected chi connectivity index (χ1v) is 18.8. The van der Waals surface area contributed by atoms with Gasteiger partial charge in [0.25, 0.3) is 5.91 Å². The lowest BCUT2D eigenvalue weighted by atomic mass is 9.78. The average molecular weight is 714 g/mol. The zero-order valence-corrected chi connectivity index (χ0v) is 31.3. The summed E-state index contributed by atoms with van der Waals surface area (Å²) in [7, 11) is 1.65. The van der Waals surface area contributed by atoms with Gasteiger partial charge in [-0.25, -0.2) is 4.79 Å². The Morgan fingerprint density at radius 3 is 2.35 bits per heavy atom. The number of carbonyl (C=O) groups excluding carboxylic acids is 4. The van der Waals surface area contributed by atoms with Crippen molar-refractivity contribution in [1.82, 2.24) is 4.90 Å². The second kappa shape index (κ2) is 17.1. The summed E-state index contributed by atoms with van der Waals surface area (Å²) in [5.41, 5.74) is -0.163. The van der Waals surface area contributed by atoms with Crippen LogP contribution in [0.1, 0.15) is 107 Å². The lowest BCUT2D eigenvalue weighted by Crippen LogP contribution is -2.53. The zero-order valence-electron chi connectivity index (χ0n) is 31.3. The van der Waals surface area contributed by atoms with Crippen LogP contribution in [0, 0.1) is 17.8 Å². The van der Waals surface area contributed by atoms with Crippen molar-refractivity contribution in [3.05, 3.63) is 18.2 Å². The molecule has 5 rings (SSSR count). The molecule has 2 amide bonds. The molecule has 0 radical (unpaired) electrons. The Morgan fingerprint density at radius 1 is 1.02 bits per heavy atom. The van der Waals surface area contributed by atoms with E-state index in [9.17, 15) is 19.2 Å². The van der Waals surface area contributed by atoms with E-state index in [1.165, 1.54) is 0 Å². The van der Waals surface area contributed by atoms with Crippen molar-refractivity contribution >= 4 is 34.9 Å². The molecule has 4 atom stereocenters.